The molecule has 3 N–H and O–H groups in total. The van der Waals surface area contributed by atoms with E-state index in [0.717, 1.165) is 11.1 Å². The van der Waals surface area contributed by atoms with Crippen LogP contribution in [0, 0.1) is 0 Å². The van der Waals surface area contributed by atoms with Crippen molar-refractivity contribution in [1.29, 1.82) is 0 Å². The van der Waals surface area contributed by atoms with Crippen molar-refractivity contribution in [2.75, 3.05) is 5.73 Å². The molecule has 0 unspecified atom stereocenters. The lowest BCUT2D eigenvalue weighted by Gasteiger charge is -1.95. The first-order valence-corrected chi connectivity index (χ1v) is 4.34. The van der Waals surface area contributed by atoms with Gasteiger partial charge in [-0.05, 0) is 0 Å². The summed E-state index contributed by atoms with van der Waals surface area (Å²) in [6, 6.07) is 0. The number of fused-ring (bicyclic) bond motifs is 1. The molecule has 3 aromatic rings. The molecule has 0 aliphatic carbocycles. The van der Waals surface area contributed by atoms with Crippen LogP contribution in [0.2, 0.25) is 0 Å². The maximum absolute atomic E-state index is 5.63. The highest BCUT2D eigenvalue weighted by molar-refractivity contribution is 5.96. The van der Waals surface area contributed by atoms with Gasteiger partial charge in [0.2, 0.25) is 0 Å². The Morgan fingerprint density at radius 1 is 1.27 bits per heavy atom. The smallest absolute Gasteiger partial charge is 0.180 e. The van der Waals surface area contributed by atoms with Gasteiger partial charge in [0, 0.05) is 29.7 Å². The average molecular weight is 201 g/mol. The third-order valence-corrected chi connectivity index (χ3v) is 2.22. The molecule has 0 aromatic carbocycles. The Morgan fingerprint density at radius 2 is 2.20 bits per heavy atom. The van der Waals surface area contributed by atoms with Crippen molar-refractivity contribution in [3.05, 3.63) is 24.8 Å². The molecule has 0 saturated carbocycles. The molecule has 0 aliphatic heterocycles. The van der Waals surface area contributed by atoms with Crippen LogP contribution in [0.3, 0.4) is 0 Å². The summed E-state index contributed by atoms with van der Waals surface area (Å²) >= 11 is 0. The summed E-state index contributed by atoms with van der Waals surface area (Å²) in [5.41, 5.74) is 7.98. The second-order valence-corrected chi connectivity index (χ2v) is 3.12. The highest BCUT2D eigenvalue weighted by atomic mass is 16.5. The van der Waals surface area contributed by atoms with Crippen LogP contribution in [0.25, 0.3) is 22.1 Å². The third-order valence-electron chi connectivity index (χ3n) is 2.22. The minimum absolute atomic E-state index is 0.350. The zero-order valence-corrected chi connectivity index (χ0v) is 7.64. The number of anilines is 1. The van der Waals surface area contributed by atoms with Crippen LogP contribution in [-0.4, -0.2) is 20.3 Å². The fourth-order valence-corrected chi connectivity index (χ4v) is 1.48. The van der Waals surface area contributed by atoms with Crippen molar-refractivity contribution in [3.63, 3.8) is 0 Å². The molecule has 0 atom stereocenters. The molecule has 0 amide bonds. The van der Waals surface area contributed by atoms with E-state index in [9.17, 15) is 0 Å². The van der Waals surface area contributed by atoms with Crippen molar-refractivity contribution in [1.82, 2.24) is 20.3 Å². The summed E-state index contributed by atoms with van der Waals surface area (Å²) in [6.45, 7) is 0. The molecule has 6 heteroatoms. The van der Waals surface area contributed by atoms with Crippen molar-refractivity contribution in [2.24, 2.45) is 0 Å². The minimum Gasteiger partial charge on any atom is -0.380 e. The quantitative estimate of drug-likeness (QED) is 0.616. The normalized spacial score (nSPS) is 10.9. The number of nitrogens with one attached hydrogen (secondary N) is 1. The Kier molecular flexibility index (Phi) is 1.49. The maximum atomic E-state index is 5.63. The standard InChI is InChI=1S/C9H7N5O/c10-9-7-4-11-3-6(8(7)15-14-9)5-1-12-13-2-5/h1-4H,(H2,10,14)(H,12,13). The number of aromatic amines is 1. The Morgan fingerprint density at radius 3 is 3.00 bits per heavy atom. The Hall–Kier alpha value is -2.37. The molecule has 0 bridgehead atoms. The molecule has 74 valence electrons. The molecule has 3 heterocycles. The minimum atomic E-state index is 0.350. The summed E-state index contributed by atoms with van der Waals surface area (Å²) in [4.78, 5) is 4.08. The van der Waals surface area contributed by atoms with Gasteiger partial charge in [0.15, 0.2) is 11.4 Å². The van der Waals surface area contributed by atoms with Gasteiger partial charge >= 0.3 is 0 Å². The number of hydrogen-bond acceptors (Lipinski definition) is 5. The van der Waals surface area contributed by atoms with Gasteiger partial charge in [0.25, 0.3) is 0 Å². The predicted molar refractivity (Wildman–Crippen MR) is 53.8 cm³/mol. The lowest BCUT2D eigenvalue weighted by atomic mass is 10.1. The van der Waals surface area contributed by atoms with Gasteiger partial charge in [-0.2, -0.15) is 5.10 Å². The van der Waals surface area contributed by atoms with E-state index in [-0.39, 0.29) is 0 Å². The number of nitrogens with zero attached hydrogens (tertiary/aromatic N) is 3. The number of nitrogen functional groups attached to an aromatic ring is 1. The van der Waals surface area contributed by atoms with E-state index >= 15 is 0 Å². The average Bonchev–Trinajstić information content (AvgIpc) is 2.88. The largest absolute Gasteiger partial charge is 0.380 e. The van der Waals surface area contributed by atoms with Crippen molar-refractivity contribution in [3.8, 4) is 11.1 Å². The van der Waals surface area contributed by atoms with Crippen LogP contribution >= 0.6 is 0 Å². The van der Waals surface area contributed by atoms with E-state index in [1.807, 2.05) is 0 Å². The van der Waals surface area contributed by atoms with Gasteiger partial charge in [-0.1, -0.05) is 5.16 Å². The van der Waals surface area contributed by atoms with Crippen LogP contribution in [0.5, 0.6) is 0 Å². The number of aromatic nitrogens is 4. The van der Waals surface area contributed by atoms with Gasteiger partial charge in [-0.15, -0.1) is 0 Å². The first-order valence-electron chi connectivity index (χ1n) is 4.34. The molecule has 3 rings (SSSR count). The number of H-pyrrole nitrogens is 1. The highest BCUT2D eigenvalue weighted by Gasteiger charge is 2.12. The second-order valence-electron chi connectivity index (χ2n) is 3.12. The van der Waals surface area contributed by atoms with E-state index in [0.29, 0.717) is 16.8 Å². The molecule has 15 heavy (non-hydrogen) atoms. The molecule has 6 nitrogen and oxygen atoms in total. The Labute approximate surface area is 84.1 Å². The third kappa shape index (κ3) is 1.08. The SMILES string of the molecule is Nc1noc2c(-c3cn[nH]c3)cncc12. The number of nitrogens with two attached hydrogens (primary N) is 1. The summed E-state index contributed by atoms with van der Waals surface area (Å²) in [5, 5.41) is 11.0. The predicted octanol–water partition coefficient (Wildman–Crippen LogP) is 1.20. The topological polar surface area (TPSA) is 93.6 Å². The molecular weight excluding hydrogens is 194 g/mol. The van der Waals surface area contributed by atoms with E-state index in [1.165, 1.54) is 0 Å². The summed E-state index contributed by atoms with van der Waals surface area (Å²) < 4.78 is 5.15. The molecule has 3 aromatic heterocycles. The van der Waals surface area contributed by atoms with Crippen molar-refractivity contribution >= 4 is 16.8 Å². The van der Waals surface area contributed by atoms with Crippen LogP contribution in [0.1, 0.15) is 0 Å². The van der Waals surface area contributed by atoms with Crippen LogP contribution in [0.4, 0.5) is 5.82 Å². The van der Waals surface area contributed by atoms with Crippen LogP contribution in [-0.2, 0) is 0 Å². The van der Waals surface area contributed by atoms with Gasteiger partial charge in [-0.3, -0.25) is 10.1 Å². The second kappa shape index (κ2) is 2.81. The monoisotopic (exact) mass is 201 g/mol. The fourth-order valence-electron chi connectivity index (χ4n) is 1.48. The Balaban J connectivity index is 2.36. The van der Waals surface area contributed by atoms with Crippen LogP contribution in [0.15, 0.2) is 29.3 Å². The van der Waals surface area contributed by atoms with Gasteiger partial charge in [-0.25, -0.2) is 0 Å². The van der Waals surface area contributed by atoms with Gasteiger partial charge < -0.3 is 10.3 Å². The van der Waals surface area contributed by atoms with E-state index in [2.05, 4.69) is 20.3 Å². The van der Waals surface area contributed by atoms with E-state index in [1.54, 1.807) is 24.8 Å². The molecule has 0 saturated heterocycles. The number of pyridine rings is 1. The van der Waals surface area contributed by atoms with Crippen molar-refractivity contribution in [2.45, 2.75) is 0 Å². The lowest BCUT2D eigenvalue weighted by molar-refractivity contribution is 0.461. The first kappa shape index (κ1) is 7.98. The lowest BCUT2D eigenvalue weighted by Crippen LogP contribution is -1.84. The Bertz CT molecular complexity index is 598. The molecular formula is C9H7N5O. The molecule has 0 aliphatic rings. The maximum Gasteiger partial charge on any atom is 0.180 e. The number of rotatable bonds is 1. The zero-order chi connectivity index (χ0) is 10.3. The molecule has 0 radical (unpaired) electrons. The van der Waals surface area contributed by atoms with Gasteiger partial charge in [0.05, 0.1) is 11.6 Å². The highest BCUT2D eigenvalue weighted by Crippen LogP contribution is 2.29. The van der Waals surface area contributed by atoms with Crippen molar-refractivity contribution < 1.29 is 4.52 Å². The summed E-state index contributed by atoms with van der Waals surface area (Å²) in [7, 11) is 0. The number of hydrogen-bond donors (Lipinski definition) is 2. The van der Waals surface area contributed by atoms with E-state index < -0.39 is 0 Å². The zero-order valence-electron chi connectivity index (χ0n) is 7.64. The fraction of sp³-hybridized carbons (Fsp3) is 0. The molecule has 0 fully saturated rings. The summed E-state index contributed by atoms with van der Waals surface area (Å²) in [6.07, 6.45) is 6.77. The van der Waals surface area contributed by atoms with E-state index in [4.69, 9.17) is 10.3 Å². The first-order chi connectivity index (χ1) is 7.36. The molecule has 0 spiro atoms. The van der Waals surface area contributed by atoms with Crippen LogP contribution < -0.4 is 5.73 Å². The summed E-state index contributed by atoms with van der Waals surface area (Å²) in [5.74, 6) is 0.350. The van der Waals surface area contributed by atoms with Gasteiger partial charge in [0.1, 0.15) is 0 Å².